The van der Waals surface area contributed by atoms with E-state index in [2.05, 4.69) is 0 Å². The van der Waals surface area contributed by atoms with Crippen molar-refractivity contribution < 1.29 is 37.7 Å². The van der Waals surface area contributed by atoms with Gasteiger partial charge in [0.1, 0.15) is 0 Å². The lowest BCUT2D eigenvalue weighted by molar-refractivity contribution is -0.192. The van der Waals surface area contributed by atoms with Crippen LogP contribution in [0.25, 0.3) is 0 Å². The van der Waals surface area contributed by atoms with Crippen molar-refractivity contribution in [3.63, 3.8) is 0 Å². The van der Waals surface area contributed by atoms with Crippen LogP contribution in [-0.4, -0.2) is 65.1 Å². The maximum Gasteiger partial charge on any atom is 0.490 e. The number of alkyl halides is 3. The number of hydrogen-bond donors (Lipinski definition) is 2. The standard InChI is InChI=1S/C8H13NO3.C2HF3O2/c10-8(11)5-9-3-6-1-2-7(4-9)12-6;3-2(4,5)1(6)7/h6-7H,1-5H2,(H,10,11);(H,6,7). The third kappa shape index (κ3) is 5.43. The fraction of sp³-hybridized carbons (Fsp3) is 0.800. The zero-order chi connectivity index (χ0) is 14.6. The van der Waals surface area contributed by atoms with Crippen molar-refractivity contribution >= 4 is 11.9 Å². The Bertz CT molecular complexity index is 335. The highest BCUT2D eigenvalue weighted by Gasteiger charge is 2.38. The number of carbonyl (C=O) groups is 2. The number of hydrogen-bond acceptors (Lipinski definition) is 4. The molecule has 2 heterocycles. The summed E-state index contributed by atoms with van der Waals surface area (Å²) in [5, 5.41) is 15.7. The van der Waals surface area contributed by atoms with Crippen molar-refractivity contribution in [3.05, 3.63) is 0 Å². The van der Waals surface area contributed by atoms with Crippen LogP contribution < -0.4 is 0 Å². The van der Waals surface area contributed by atoms with Crippen molar-refractivity contribution in [1.82, 2.24) is 4.90 Å². The number of ether oxygens (including phenoxy) is 1. The van der Waals surface area contributed by atoms with Gasteiger partial charge in [0.05, 0.1) is 18.8 Å². The van der Waals surface area contributed by atoms with Gasteiger partial charge in [-0.05, 0) is 12.8 Å². The third-order valence-corrected chi connectivity index (χ3v) is 2.72. The normalized spacial score (nSPS) is 26.5. The van der Waals surface area contributed by atoms with Gasteiger partial charge in [0.2, 0.25) is 0 Å². The molecule has 0 aromatic heterocycles. The van der Waals surface area contributed by atoms with Gasteiger partial charge in [0, 0.05) is 13.1 Å². The quantitative estimate of drug-likeness (QED) is 0.771. The van der Waals surface area contributed by atoms with Gasteiger partial charge in [-0.3, -0.25) is 9.69 Å². The number of likely N-dealkylation sites (tertiary alicyclic amines) is 1. The monoisotopic (exact) mass is 285 g/mol. The zero-order valence-corrected chi connectivity index (χ0v) is 9.89. The van der Waals surface area contributed by atoms with Crippen molar-refractivity contribution in [1.29, 1.82) is 0 Å². The first kappa shape index (κ1) is 15.7. The first-order chi connectivity index (χ1) is 8.68. The lowest BCUT2D eigenvalue weighted by Gasteiger charge is -2.30. The molecule has 2 saturated heterocycles. The Morgan fingerprint density at radius 2 is 1.58 bits per heavy atom. The number of carboxylic acids is 2. The number of nitrogens with zero attached hydrogens (tertiary/aromatic N) is 1. The molecular weight excluding hydrogens is 271 g/mol. The lowest BCUT2D eigenvalue weighted by atomic mass is 10.2. The van der Waals surface area contributed by atoms with Crippen molar-refractivity contribution in [2.45, 2.75) is 31.2 Å². The molecule has 2 N–H and O–H groups in total. The van der Waals surface area contributed by atoms with Gasteiger partial charge in [-0.1, -0.05) is 0 Å². The molecule has 2 aliphatic heterocycles. The van der Waals surface area contributed by atoms with Gasteiger partial charge in [0.15, 0.2) is 0 Å². The molecule has 2 aliphatic rings. The number of morpholine rings is 1. The molecule has 2 unspecified atom stereocenters. The Kier molecular flexibility index (Phi) is 5.12. The predicted molar refractivity (Wildman–Crippen MR) is 55.7 cm³/mol. The maximum absolute atomic E-state index is 10.6. The summed E-state index contributed by atoms with van der Waals surface area (Å²) in [6, 6.07) is 0. The Morgan fingerprint density at radius 1 is 1.16 bits per heavy atom. The van der Waals surface area contributed by atoms with E-state index in [1.54, 1.807) is 0 Å². The molecule has 0 radical (unpaired) electrons. The molecule has 0 saturated carbocycles. The van der Waals surface area contributed by atoms with Gasteiger partial charge in [-0.25, -0.2) is 4.79 Å². The second-order valence-electron chi connectivity index (χ2n) is 4.35. The van der Waals surface area contributed by atoms with E-state index in [1.807, 2.05) is 4.90 Å². The van der Waals surface area contributed by atoms with E-state index in [9.17, 15) is 18.0 Å². The number of fused-ring (bicyclic) bond motifs is 2. The number of rotatable bonds is 2. The first-order valence-corrected chi connectivity index (χ1v) is 5.58. The minimum atomic E-state index is -5.08. The summed E-state index contributed by atoms with van der Waals surface area (Å²) in [7, 11) is 0. The van der Waals surface area contributed by atoms with Crippen LogP contribution in [0.15, 0.2) is 0 Å². The predicted octanol–water partition coefficient (Wildman–Crippen LogP) is 0.568. The van der Waals surface area contributed by atoms with E-state index in [-0.39, 0.29) is 6.54 Å². The van der Waals surface area contributed by atoms with Gasteiger partial charge >= 0.3 is 18.1 Å². The molecule has 2 atom stereocenters. The van der Waals surface area contributed by atoms with Gasteiger partial charge in [-0.2, -0.15) is 13.2 Å². The molecule has 2 bridgehead atoms. The van der Waals surface area contributed by atoms with E-state index < -0.39 is 18.1 Å². The molecule has 110 valence electrons. The van der Waals surface area contributed by atoms with Crippen LogP contribution in [-0.2, 0) is 14.3 Å². The van der Waals surface area contributed by atoms with Crippen LogP contribution >= 0.6 is 0 Å². The molecule has 0 aromatic carbocycles. The highest BCUT2D eigenvalue weighted by Crippen LogP contribution is 2.25. The molecule has 0 spiro atoms. The Balaban J connectivity index is 0.000000224. The molecule has 0 aromatic rings. The fourth-order valence-electron chi connectivity index (χ4n) is 2.02. The van der Waals surface area contributed by atoms with Gasteiger partial charge < -0.3 is 14.9 Å². The summed E-state index contributed by atoms with van der Waals surface area (Å²) < 4.78 is 37.3. The van der Waals surface area contributed by atoms with E-state index in [0.717, 1.165) is 25.9 Å². The topological polar surface area (TPSA) is 87.1 Å². The number of carboxylic acid groups (broad SMARTS) is 2. The molecule has 0 aliphatic carbocycles. The Hall–Kier alpha value is -1.35. The first-order valence-electron chi connectivity index (χ1n) is 5.58. The van der Waals surface area contributed by atoms with Crippen LogP contribution in [0, 0.1) is 0 Å². The second kappa shape index (κ2) is 6.20. The number of halogens is 3. The smallest absolute Gasteiger partial charge is 0.480 e. The molecule has 2 fully saturated rings. The summed E-state index contributed by atoms with van der Waals surface area (Å²) in [4.78, 5) is 21.3. The second-order valence-corrected chi connectivity index (χ2v) is 4.35. The fourth-order valence-corrected chi connectivity index (χ4v) is 2.02. The summed E-state index contributed by atoms with van der Waals surface area (Å²) >= 11 is 0. The van der Waals surface area contributed by atoms with Crippen molar-refractivity contribution in [2.75, 3.05) is 19.6 Å². The van der Waals surface area contributed by atoms with Crippen LogP contribution in [0.3, 0.4) is 0 Å². The van der Waals surface area contributed by atoms with Gasteiger partial charge in [0.25, 0.3) is 0 Å². The highest BCUT2D eigenvalue weighted by molar-refractivity contribution is 5.73. The average molecular weight is 285 g/mol. The zero-order valence-electron chi connectivity index (χ0n) is 9.89. The molecular formula is C10H14F3NO5. The van der Waals surface area contributed by atoms with E-state index >= 15 is 0 Å². The molecule has 2 rings (SSSR count). The van der Waals surface area contributed by atoms with Crippen LogP contribution in [0.4, 0.5) is 13.2 Å². The molecule has 6 nitrogen and oxygen atoms in total. The van der Waals surface area contributed by atoms with Gasteiger partial charge in [-0.15, -0.1) is 0 Å². The third-order valence-electron chi connectivity index (χ3n) is 2.72. The van der Waals surface area contributed by atoms with E-state index in [1.165, 1.54) is 0 Å². The summed E-state index contributed by atoms with van der Waals surface area (Å²) in [6.07, 6.45) is -2.30. The molecule has 9 heteroatoms. The minimum absolute atomic E-state index is 0.163. The largest absolute Gasteiger partial charge is 0.490 e. The molecule has 0 amide bonds. The summed E-state index contributed by atoms with van der Waals surface area (Å²) in [6.45, 7) is 1.75. The average Bonchev–Trinajstić information content (AvgIpc) is 2.56. The highest BCUT2D eigenvalue weighted by atomic mass is 19.4. The Morgan fingerprint density at radius 3 is 1.89 bits per heavy atom. The minimum Gasteiger partial charge on any atom is -0.480 e. The van der Waals surface area contributed by atoms with Crippen LogP contribution in [0.2, 0.25) is 0 Å². The SMILES string of the molecule is O=C(O)C(F)(F)F.O=C(O)CN1CC2CCC(C1)O2. The molecule has 19 heavy (non-hydrogen) atoms. The Labute approximate surface area is 106 Å². The van der Waals surface area contributed by atoms with Crippen molar-refractivity contribution in [2.24, 2.45) is 0 Å². The van der Waals surface area contributed by atoms with Crippen molar-refractivity contribution in [3.8, 4) is 0 Å². The van der Waals surface area contributed by atoms with Crippen LogP contribution in [0.1, 0.15) is 12.8 Å². The van der Waals surface area contributed by atoms with E-state index in [4.69, 9.17) is 19.7 Å². The lowest BCUT2D eigenvalue weighted by Crippen LogP contribution is -2.44. The number of aliphatic carboxylic acids is 2. The summed E-state index contributed by atoms with van der Waals surface area (Å²) in [5.41, 5.74) is 0. The van der Waals surface area contributed by atoms with Crippen LogP contribution in [0.5, 0.6) is 0 Å². The van der Waals surface area contributed by atoms with E-state index in [0.29, 0.717) is 12.2 Å². The maximum atomic E-state index is 10.6. The summed E-state index contributed by atoms with van der Waals surface area (Å²) in [5.74, 6) is -3.50.